The number of halogens is 2. The predicted octanol–water partition coefficient (Wildman–Crippen LogP) is 3.20. The number of nitrogens with zero attached hydrogens (tertiary/aromatic N) is 2. The quantitative estimate of drug-likeness (QED) is 0.814. The molecule has 2 heterocycles. The normalized spacial score (nSPS) is 25.4. The summed E-state index contributed by atoms with van der Waals surface area (Å²) in [6.45, 7) is 6.35. The topological polar surface area (TPSA) is 40.6 Å². The van der Waals surface area contributed by atoms with E-state index in [9.17, 15) is 17.2 Å². The van der Waals surface area contributed by atoms with Crippen LogP contribution in [-0.2, 0) is 16.6 Å². The third kappa shape index (κ3) is 4.38. The van der Waals surface area contributed by atoms with Crippen LogP contribution in [0.1, 0.15) is 38.7 Å². The summed E-state index contributed by atoms with van der Waals surface area (Å²) in [6.07, 6.45) is 2.95. The molecular weight excluding hydrogens is 346 g/mol. The lowest BCUT2D eigenvalue weighted by Crippen LogP contribution is -2.47. The molecule has 2 saturated heterocycles. The van der Waals surface area contributed by atoms with Crippen LogP contribution in [0.4, 0.5) is 8.78 Å². The summed E-state index contributed by atoms with van der Waals surface area (Å²) >= 11 is 0. The van der Waals surface area contributed by atoms with Crippen LogP contribution in [0.2, 0.25) is 0 Å². The van der Waals surface area contributed by atoms with Gasteiger partial charge in [-0.25, -0.2) is 8.78 Å². The Bertz CT molecular complexity index is 706. The molecule has 0 bridgehead atoms. The van der Waals surface area contributed by atoms with Crippen molar-refractivity contribution in [3.8, 4) is 0 Å². The Morgan fingerprint density at radius 1 is 1.04 bits per heavy atom. The molecule has 0 aliphatic carbocycles. The van der Waals surface area contributed by atoms with Crippen LogP contribution in [-0.4, -0.2) is 43.2 Å². The van der Waals surface area contributed by atoms with Crippen molar-refractivity contribution < 1.29 is 17.2 Å². The Morgan fingerprint density at radius 3 is 2.24 bits per heavy atom. The minimum atomic E-state index is -3.43. The van der Waals surface area contributed by atoms with E-state index in [4.69, 9.17) is 0 Å². The molecule has 0 aromatic heterocycles. The van der Waals surface area contributed by atoms with E-state index < -0.39 is 21.8 Å². The summed E-state index contributed by atoms with van der Waals surface area (Å²) in [5.41, 5.74) is 0.780. The second kappa shape index (κ2) is 6.93. The maximum atomic E-state index is 13.3. The van der Waals surface area contributed by atoms with Crippen molar-refractivity contribution >= 4 is 10.2 Å². The van der Waals surface area contributed by atoms with Crippen LogP contribution >= 0.6 is 0 Å². The highest BCUT2D eigenvalue weighted by Gasteiger charge is 2.38. The van der Waals surface area contributed by atoms with E-state index >= 15 is 0 Å². The van der Waals surface area contributed by atoms with Gasteiger partial charge in [0.1, 0.15) is 11.6 Å². The summed E-state index contributed by atoms with van der Waals surface area (Å²) in [5, 5.41) is 0. The van der Waals surface area contributed by atoms with Gasteiger partial charge in [-0.1, -0.05) is 13.8 Å². The average Bonchev–Trinajstić information content (AvgIpc) is 2.95. The average molecular weight is 372 g/mol. The van der Waals surface area contributed by atoms with Gasteiger partial charge in [0.2, 0.25) is 0 Å². The molecule has 1 unspecified atom stereocenters. The van der Waals surface area contributed by atoms with Gasteiger partial charge in [0.05, 0.1) is 0 Å². The zero-order valence-corrected chi connectivity index (χ0v) is 15.7. The van der Waals surface area contributed by atoms with E-state index in [1.54, 1.807) is 4.31 Å². The van der Waals surface area contributed by atoms with E-state index in [2.05, 4.69) is 13.8 Å². The van der Waals surface area contributed by atoms with Crippen LogP contribution < -0.4 is 0 Å². The SMILES string of the molecule is CC1(C)CCN(S(=O)(=O)N2CCC(Cc3cc(F)cc(F)c3)C2)CC1. The molecule has 7 heteroatoms. The Morgan fingerprint density at radius 2 is 1.64 bits per heavy atom. The van der Waals surface area contributed by atoms with Crippen molar-refractivity contribution in [1.82, 2.24) is 8.61 Å². The molecular formula is C18H26F2N2O2S. The van der Waals surface area contributed by atoms with Gasteiger partial charge < -0.3 is 0 Å². The molecule has 0 saturated carbocycles. The highest BCUT2D eigenvalue weighted by molar-refractivity contribution is 7.86. The molecule has 0 radical (unpaired) electrons. The lowest BCUT2D eigenvalue weighted by molar-refractivity contribution is 0.188. The molecule has 3 rings (SSSR count). The van der Waals surface area contributed by atoms with Gasteiger partial charge in [-0.05, 0) is 54.7 Å². The van der Waals surface area contributed by atoms with Crippen molar-refractivity contribution in [3.63, 3.8) is 0 Å². The van der Waals surface area contributed by atoms with Crippen molar-refractivity contribution in [2.75, 3.05) is 26.2 Å². The fraction of sp³-hybridized carbons (Fsp3) is 0.667. The zero-order chi connectivity index (χ0) is 18.2. The number of hydrogen-bond donors (Lipinski definition) is 0. The fourth-order valence-corrected chi connectivity index (χ4v) is 5.43. The molecule has 0 spiro atoms. The van der Waals surface area contributed by atoms with E-state index in [0.29, 0.717) is 38.2 Å². The van der Waals surface area contributed by atoms with Crippen molar-refractivity contribution in [2.45, 2.75) is 39.5 Å². The molecule has 1 aromatic carbocycles. The molecule has 140 valence electrons. The first-order valence-electron chi connectivity index (χ1n) is 8.86. The lowest BCUT2D eigenvalue weighted by Gasteiger charge is -2.37. The molecule has 4 nitrogen and oxygen atoms in total. The van der Waals surface area contributed by atoms with Gasteiger partial charge >= 0.3 is 0 Å². The molecule has 25 heavy (non-hydrogen) atoms. The first kappa shape index (κ1) is 18.7. The number of rotatable bonds is 4. The first-order chi connectivity index (χ1) is 11.7. The molecule has 0 amide bonds. The van der Waals surface area contributed by atoms with E-state index in [0.717, 1.165) is 25.3 Å². The third-order valence-corrected chi connectivity index (χ3v) is 7.43. The number of hydrogen-bond acceptors (Lipinski definition) is 2. The second-order valence-corrected chi connectivity index (χ2v) is 9.99. The molecule has 2 aliphatic heterocycles. The predicted molar refractivity (Wildman–Crippen MR) is 93.2 cm³/mol. The molecule has 2 aliphatic rings. The second-order valence-electron chi connectivity index (χ2n) is 8.07. The molecule has 2 fully saturated rings. The van der Waals surface area contributed by atoms with Crippen molar-refractivity contribution in [1.29, 1.82) is 0 Å². The number of piperidine rings is 1. The standard InChI is InChI=1S/C18H26F2N2O2S/c1-18(2)4-7-21(8-5-18)25(23,24)22-6-3-14(13-22)9-15-10-16(19)12-17(20)11-15/h10-12,14H,3-9,13H2,1-2H3. The Kier molecular flexibility index (Phi) is 5.19. The molecule has 1 atom stereocenters. The van der Waals surface area contributed by atoms with Crippen LogP contribution in [0.5, 0.6) is 0 Å². The Hall–Kier alpha value is -1.05. The van der Waals surface area contributed by atoms with Crippen LogP contribution in [0.15, 0.2) is 18.2 Å². The largest absolute Gasteiger partial charge is 0.281 e. The van der Waals surface area contributed by atoms with Gasteiger partial charge in [-0.3, -0.25) is 0 Å². The maximum absolute atomic E-state index is 13.3. The summed E-state index contributed by atoms with van der Waals surface area (Å²) < 4.78 is 55.4. The summed E-state index contributed by atoms with van der Waals surface area (Å²) in [7, 11) is -3.43. The zero-order valence-electron chi connectivity index (χ0n) is 14.8. The highest BCUT2D eigenvalue weighted by Crippen LogP contribution is 2.33. The van der Waals surface area contributed by atoms with Crippen LogP contribution in [0, 0.1) is 23.0 Å². The van der Waals surface area contributed by atoms with Crippen molar-refractivity contribution in [2.24, 2.45) is 11.3 Å². The van der Waals surface area contributed by atoms with Crippen LogP contribution in [0.3, 0.4) is 0 Å². The first-order valence-corrected chi connectivity index (χ1v) is 10.3. The minimum Gasteiger partial charge on any atom is -0.207 e. The van der Waals surface area contributed by atoms with E-state index in [1.807, 2.05) is 0 Å². The highest BCUT2D eigenvalue weighted by atomic mass is 32.2. The lowest BCUT2D eigenvalue weighted by atomic mass is 9.83. The summed E-state index contributed by atoms with van der Waals surface area (Å²) in [5.74, 6) is -1.08. The van der Waals surface area contributed by atoms with Gasteiger partial charge in [-0.2, -0.15) is 17.0 Å². The van der Waals surface area contributed by atoms with Gasteiger partial charge in [0.25, 0.3) is 10.2 Å². The smallest absolute Gasteiger partial charge is 0.207 e. The van der Waals surface area contributed by atoms with E-state index in [1.165, 1.54) is 16.4 Å². The molecule has 1 aromatic rings. The maximum Gasteiger partial charge on any atom is 0.281 e. The Labute approximate surface area is 149 Å². The van der Waals surface area contributed by atoms with Crippen molar-refractivity contribution in [3.05, 3.63) is 35.4 Å². The van der Waals surface area contributed by atoms with Gasteiger partial charge in [0, 0.05) is 32.2 Å². The molecule has 0 N–H and O–H groups in total. The monoisotopic (exact) mass is 372 g/mol. The Balaban J connectivity index is 1.62. The summed E-state index contributed by atoms with van der Waals surface area (Å²) in [6, 6.07) is 3.51. The van der Waals surface area contributed by atoms with E-state index in [-0.39, 0.29) is 11.3 Å². The van der Waals surface area contributed by atoms with Crippen LogP contribution in [0.25, 0.3) is 0 Å². The number of benzene rings is 1. The van der Waals surface area contributed by atoms with Gasteiger partial charge in [-0.15, -0.1) is 0 Å². The van der Waals surface area contributed by atoms with Gasteiger partial charge in [0.15, 0.2) is 0 Å². The summed E-state index contributed by atoms with van der Waals surface area (Å²) in [4.78, 5) is 0. The third-order valence-electron chi connectivity index (χ3n) is 5.42. The minimum absolute atomic E-state index is 0.0946. The fourth-order valence-electron chi connectivity index (χ4n) is 3.72.